The van der Waals surface area contributed by atoms with Crippen LogP contribution < -0.4 is 5.32 Å². The molecule has 0 saturated carbocycles. The van der Waals surface area contributed by atoms with Crippen LogP contribution in [0.25, 0.3) is 17.3 Å². The van der Waals surface area contributed by atoms with Crippen LogP contribution in [0.2, 0.25) is 0 Å². The van der Waals surface area contributed by atoms with Crippen LogP contribution in [0.15, 0.2) is 61.2 Å². The second-order valence-corrected chi connectivity index (χ2v) is 5.87. The second kappa shape index (κ2) is 7.19. The highest BCUT2D eigenvalue weighted by Gasteiger charge is 2.11. The molecule has 0 saturated heterocycles. The minimum Gasteiger partial charge on any atom is -0.338 e. The van der Waals surface area contributed by atoms with Gasteiger partial charge in [0, 0.05) is 41.9 Å². The number of hydrogen-bond acceptors (Lipinski definition) is 8. The molecule has 3 aromatic heterocycles. The number of benzene rings is 1. The molecule has 0 spiro atoms. The van der Waals surface area contributed by atoms with Gasteiger partial charge in [0.25, 0.3) is 5.69 Å². The van der Waals surface area contributed by atoms with Crippen molar-refractivity contribution >= 4 is 17.2 Å². The average Bonchev–Trinajstić information content (AvgIpc) is 3.17. The van der Waals surface area contributed by atoms with Crippen LogP contribution in [0.5, 0.6) is 0 Å². The van der Waals surface area contributed by atoms with E-state index in [4.69, 9.17) is 0 Å². The number of aromatic nitrogens is 6. The molecule has 0 aliphatic carbocycles. The van der Waals surface area contributed by atoms with Crippen LogP contribution in [0.3, 0.4) is 0 Å². The molecule has 0 aliphatic rings. The fraction of sp³-hybridized carbons (Fsp3) is 0.0556. The molecule has 0 bridgehead atoms. The van der Waals surface area contributed by atoms with Crippen molar-refractivity contribution in [2.45, 2.75) is 6.92 Å². The quantitative estimate of drug-likeness (QED) is 0.417. The molecule has 10 nitrogen and oxygen atoms in total. The molecular weight excluding hydrogens is 360 g/mol. The number of non-ortho nitro benzene ring substituents is 1. The molecule has 1 N–H and O–H groups in total. The SMILES string of the molecule is Cc1cc(Nc2cnn(-c3ncccn3)c2)nc(-c2cccc([N+](=O)[O-])c2)n1. The van der Waals surface area contributed by atoms with Gasteiger partial charge in [0.05, 0.1) is 23.0 Å². The topological polar surface area (TPSA) is 125 Å². The fourth-order valence-corrected chi connectivity index (χ4v) is 2.57. The van der Waals surface area contributed by atoms with E-state index in [-0.39, 0.29) is 5.69 Å². The molecule has 1 aromatic carbocycles. The molecule has 28 heavy (non-hydrogen) atoms. The first-order valence-corrected chi connectivity index (χ1v) is 8.28. The van der Waals surface area contributed by atoms with Crippen LogP contribution in [0.4, 0.5) is 17.2 Å². The van der Waals surface area contributed by atoms with E-state index >= 15 is 0 Å². The molecule has 138 valence electrons. The summed E-state index contributed by atoms with van der Waals surface area (Å²) in [5.74, 6) is 1.39. The minimum absolute atomic E-state index is 0.0127. The zero-order chi connectivity index (χ0) is 19.5. The average molecular weight is 374 g/mol. The van der Waals surface area contributed by atoms with Crippen molar-refractivity contribution in [1.29, 1.82) is 0 Å². The highest BCUT2D eigenvalue weighted by Crippen LogP contribution is 2.24. The summed E-state index contributed by atoms with van der Waals surface area (Å²) in [6.07, 6.45) is 6.63. The maximum Gasteiger partial charge on any atom is 0.270 e. The number of nitrogens with zero attached hydrogens (tertiary/aromatic N) is 7. The number of hydrogen-bond donors (Lipinski definition) is 1. The Hall–Kier alpha value is -4.21. The zero-order valence-corrected chi connectivity index (χ0v) is 14.7. The first-order valence-electron chi connectivity index (χ1n) is 8.28. The van der Waals surface area contributed by atoms with Crippen molar-refractivity contribution in [1.82, 2.24) is 29.7 Å². The molecule has 0 fully saturated rings. The Bertz CT molecular complexity index is 1140. The molecule has 0 unspecified atom stereocenters. The van der Waals surface area contributed by atoms with Crippen molar-refractivity contribution in [3.8, 4) is 17.3 Å². The summed E-state index contributed by atoms with van der Waals surface area (Å²) >= 11 is 0. The number of anilines is 2. The number of nitro benzene ring substituents is 1. The summed E-state index contributed by atoms with van der Waals surface area (Å²) in [5, 5.41) is 18.4. The van der Waals surface area contributed by atoms with E-state index in [9.17, 15) is 10.1 Å². The predicted octanol–water partition coefficient (Wildman–Crippen LogP) is 3.08. The largest absolute Gasteiger partial charge is 0.338 e. The van der Waals surface area contributed by atoms with Gasteiger partial charge in [0.1, 0.15) is 5.82 Å². The lowest BCUT2D eigenvalue weighted by atomic mass is 10.2. The molecule has 10 heteroatoms. The van der Waals surface area contributed by atoms with Crippen LogP contribution >= 0.6 is 0 Å². The van der Waals surface area contributed by atoms with Gasteiger partial charge < -0.3 is 5.32 Å². The summed E-state index contributed by atoms with van der Waals surface area (Å²) in [5.41, 5.74) is 1.96. The maximum atomic E-state index is 11.0. The maximum absolute atomic E-state index is 11.0. The second-order valence-electron chi connectivity index (χ2n) is 5.87. The standard InChI is InChI=1S/C18H14N8O2/c1-12-8-16(23-14-10-21-25(11-14)18-19-6-3-7-20-18)24-17(22-12)13-4-2-5-15(9-13)26(27)28/h2-11H,1H3,(H,22,23,24). The number of rotatable bonds is 5. The van der Waals surface area contributed by atoms with Gasteiger partial charge in [-0.2, -0.15) is 5.10 Å². The molecule has 4 aromatic rings. The Morgan fingerprint density at radius 1 is 1.11 bits per heavy atom. The molecular formula is C18H14N8O2. The summed E-state index contributed by atoms with van der Waals surface area (Å²) in [6, 6.07) is 9.72. The van der Waals surface area contributed by atoms with Crippen molar-refractivity contribution in [3.63, 3.8) is 0 Å². The van der Waals surface area contributed by atoms with Crippen LogP contribution in [0, 0.1) is 17.0 Å². The molecule has 3 heterocycles. The Labute approximate surface area is 159 Å². The third kappa shape index (κ3) is 3.65. The Morgan fingerprint density at radius 3 is 2.71 bits per heavy atom. The van der Waals surface area contributed by atoms with Gasteiger partial charge >= 0.3 is 0 Å². The highest BCUT2D eigenvalue weighted by molar-refractivity contribution is 5.63. The van der Waals surface area contributed by atoms with Gasteiger partial charge in [-0.05, 0) is 13.0 Å². The molecule has 0 radical (unpaired) electrons. The van der Waals surface area contributed by atoms with Crippen LogP contribution in [0.1, 0.15) is 5.69 Å². The summed E-state index contributed by atoms with van der Waals surface area (Å²) < 4.78 is 1.54. The number of nitro groups is 1. The van der Waals surface area contributed by atoms with Gasteiger partial charge in [0.15, 0.2) is 5.82 Å². The normalized spacial score (nSPS) is 10.6. The van der Waals surface area contributed by atoms with Gasteiger partial charge in [-0.1, -0.05) is 12.1 Å². The molecule has 4 rings (SSSR count). The van der Waals surface area contributed by atoms with E-state index in [2.05, 4.69) is 30.4 Å². The van der Waals surface area contributed by atoms with E-state index in [1.54, 1.807) is 49.1 Å². The Kier molecular flexibility index (Phi) is 4.42. The van der Waals surface area contributed by atoms with Gasteiger partial charge in [-0.25, -0.2) is 24.6 Å². The third-order valence-corrected chi connectivity index (χ3v) is 3.78. The smallest absolute Gasteiger partial charge is 0.270 e. The summed E-state index contributed by atoms with van der Waals surface area (Å²) in [4.78, 5) is 27.7. The fourth-order valence-electron chi connectivity index (χ4n) is 2.57. The molecule has 0 aliphatic heterocycles. The lowest BCUT2D eigenvalue weighted by Crippen LogP contribution is -2.00. The van der Waals surface area contributed by atoms with Crippen molar-refractivity contribution < 1.29 is 4.92 Å². The first kappa shape index (κ1) is 17.2. The Morgan fingerprint density at radius 2 is 1.93 bits per heavy atom. The van der Waals surface area contributed by atoms with Crippen LogP contribution in [-0.4, -0.2) is 34.6 Å². The van der Waals surface area contributed by atoms with E-state index in [1.807, 2.05) is 6.92 Å². The number of nitrogens with one attached hydrogen (secondary N) is 1. The Balaban J connectivity index is 1.62. The van der Waals surface area contributed by atoms with Gasteiger partial charge in [-0.3, -0.25) is 10.1 Å². The first-order chi connectivity index (χ1) is 13.6. The number of aryl methyl sites for hydroxylation is 1. The van der Waals surface area contributed by atoms with Gasteiger partial charge in [0.2, 0.25) is 5.95 Å². The predicted molar refractivity (Wildman–Crippen MR) is 101 cm³/mol. The zero-order valence-electron chi connectivity index (χ0n) is 14.7. The minimum atomic E-state index is -0.446. The third-order valence-electron chi connectivity index (χ3n) is 3.78. The van der Waals surface area contributed by atoms with Gasteiger partial charge in [-0.15, -0.1) is 0 Å². The lowest BCUT2D eigenvalue weighted by Gasteiger charge is -2.07. The van der Waals surface area contributed by atoms with Crippen LogP contribution in [-0.2, 0) is 0 Å². The molecule has 0 atom stereocenters. The van der Waals surface area contributed by atoms with Crippen molar-refractivity contribution in [2.75, 3.05) is 5.32 Å². The highest BCUT2D eigenvalue weighted by atomic mass is 16.6. The monoisotopic (exact) mass is 374 g/mol. The van der Waals surface area contributed by atoms with Crippen molar-refractivity contribution in [3.05, 3.63) is 77.0 Å². The molecule has 0 amide bonds. The van der Waals surface area contributed by atoms with E-state index in [0.717, 1.165) is 5.69 Å². The van der Waals surface area contributed by atoms with E-state index in [1.165, 1.54) is 16.8 Å². The summed E-state index contributed by atoms with van der Waals surface area (Å²) in [6.45, 7) is 1.83. The van der Waals surface area contributed by atoms with E-state index in [0.29, 0.717) is 28.8 Å². The van der Waals surface area contributed by atoms with E-state index < -0.39 is 4.92 Å². The lowest BCUT2D eigenvalue weighted by molar-refractivity contribution is -0.384. The van der Waals surface area contributed by atoms with Crippen molar-refractivity contribution in [2.24, 2.45) is 0 Å². The summed E-state index contributed by atoms with van der Waals surface area (Å²) in [7, 11) is 0.